The van der Waals surface area contributed by atoms with E-state index in [-0.39, 0.29) is 43.5 Å². The van der Waals surface area contributed by atoms with Gasteiger partial charge in [-0.3, -0.25) is 34.3 Å². The summed E-state index contributed by atoms with van der Waals surface area (Å²) < 4.78 is 28.9. The molecule has 4 amide bonds. The molecule has 2 saturated heterocycles. The number of rotatable bonds is 8. The van der Waals surface area contributed by atoms with Crippen LogP contribution < -0.4 is 5.43 Å². The van der Waals surface area contributed by atoms with Gasteiger partial charge in [-0.05, 0) is 73.2 Å². The highest BCUT2D eigenvalue weighted by Gasteiger charge is 2.70. The maximum Gasteiger partial charge on any atom is 0.303 e. The van der Waals surface area contributed by atoms with Crippen LogP contribution in [0.25, 0.3) is 0 Å². The first kappa shape index (κ1) is 32.4. The van der Waals surface area contributed by atoms with Crippen molar-refractivity contribution in [3.63, 3.8) is 0 Å². The first-order valence-corrected chi connectivity index (χ1v) is 16.2. The molecule has 1 saturated carbocycles. The van der Waals surface area contributed by atoms with Gasteiger partial charge in [0.2, 0.25) is 11.8 Å². The molecule has 6 atom stereocenters. The second kappa shape index (κ2) is 12.1. The molecule has 2 heterocycles. The van der Waals surface area contributed by atoms with E-state index in [0.717, 1.165) is 28.1 Å². The summed E-state index contributed by atoms with van der Waals surface area (Å²) in [7, 11) is 0. The Morgan fingerprint density at radius 1 is 0.939 bits per heavy atom. The number of aliphatic carboxylic acids is 1. The van der Waals surface area contributed by atoms with Crippen LogP contribution in [0.1, 0.15) is 42.7 Å². The van der Waals surface area contributed by atoms with E-state index in [0.29, 0.717) is 16.2 Å². The van der Waals surface area contributed by atoms with Gasteiger partial charge in [0.1, 0.15) is 5.82 Å². The standard InChI is InChI=1S/C36H30ClF2N3O7/c37-19-8-6-18(7-9-19)36-26(33(47)42(35(36)49)40-21-12-10-20(38)11-13-21)17-25-22(30(36)24-3-1-4-27(39)31(24)45)14-15-23-29(25)34(48)41(32(23)46)16-2-5-28(43)44/h1,3-4,6-14,23,25-26,29-30,40,45H,2,5,15-17H2,(H,43,44)/t23-,25+,26-,29-,30+,36+/m0/s1. The van der Waals surface area contributed by atoms with Crippen LogP contribution in [-0.4, -0.2) is 56.3 Å². The Morgan fingerprint density at radius 3 is 2.35 bits per heavy atom. The van der Waals surface area contributed by atoms with Crippen LogP contribution >= 0.6 is 11.6 Å². The molecule has 7 rings (SSSR count). The van der Waals surface area contributed by atoms with Gasteiger partial charge in [0.05, 0.1) is 28.9 Å². The third-order valence-corrected chi connectivity index (χ3v) is 10.7. The molecule has 49 heavy (non-hydrogen) atoms. The smallest absolute Gasteiger partial charge is 0.303 e. The van der Waals surface area contributed by atoms with E-state index in [2.05, 4.69) is 5.43 Å². The molecule has 3 aromatic carbocycles. The SMILES string of the molecule is O=C(O)CCCN1C(=O)[C@H]2[C@H](CC=C3[C@H]2C[C@H]2C(=O)N(Nc4ccc(F)cc4)C(=O)[C@@]2(c2ccc(Cl)cc2)[C@H]3c2cccc(F)c2O)C1=O. The van der Waals surface area contributed by atoms with E-state index in [9.17, 15) is 28.7 Å². The van der Waals surface area contributed by atoms with Crippen molar-refractivity contribution in [1.82, 2.24) is 9.91 Å². The third-order valence-electron chi connectivity index (χ3n) is 10.4. The quantitative estimate of drug-likeness (QED) is 0.217. The Labute approximate surface area is 283 Å². The number of benzene rings is 3. The number of nitrogens with zero attached hydrogens (tertiary/aromatic N) is 2. The number of hydrogen-bond donors (Lipinski definition) is 3. The van der Waals surface area contributed by atoms with Crippen LogP contribution in [0.15, 0.2) is 78.4 Å². The average molecular weight is 690 g/mol. The molecule has 0 spiro atoms. The average Bonchev–Trinajstić information content (AvgIpc) is 3.44. The minimum atomic E-state index is -1.78. The number of hydrazine groups is 1. The normalized spacial score (nSPS) is 27.5. The molecule has 252 valence electrons. The van der Waals surface area contributed by atoms with Crippen molar-refractivity contribution in [3.05, 3.63) is 106 Å². The van der Waals surface area contributed by atoms with Gasteiger partial charge in [-0.2, -0.15) is 5.01 Å². The number of likely N-dealkylation sites (tertiary alicyclic amines) is 1. The van der Waals surface area contributed by atoms with Crippen molar-refractivity contribution < 1.29 is 43.0 Å². The first-order chi connectivity index (χ1) is 23.4. The van der Waals surface area contributed by atoms with Gasteiger partial charge in [-0.1, -0.05) is 47.5 Å². The fraction of sp³-hybridized carbons (Fsp3) is 0.306. The van der Waals surface area contributed by atoms with Crippen molar-refractivity contribution in [2.24, 2.45) is 23.7 Å². The number of allylic oxidation sites excluding steroid dienone is 2. The lowest BCUT2D eigenvalue weighted by Crippen LogP contribution is -2.53. The van der Waals surface area contributed by atoms with Crippen LogP contribution in [0, 0.1) is 35.3 Å². The maximum atomic E-state index is 15.2. The number of carbonyl (C=O) groups is 5. The van der Waals surface area contributed by atoms with Gasteiger partial charge < -0.3 is 10.2 Å². The predicted molar refractivity (Wildman–Crippen MR) is 171 cm³/mol. The van der Waals surface area contributed by atoms with E-state index >= 15 is 9.18 Å². The van der Waals surface area contributed by atoms with E-state index in [1.165, 1.54) is 24.3 Å². The molecule has 3 aromatic rings. The van der Waals surface area contributed by atoms with Crippen LogP contribution in [0.5, 0.6) is 5.75 Å². The Kier molecular flexibility index (Phi) is 8.01. The molecular weight excluding hydrogens is 660 g/mol. The number of amides is 4. The van der Waals surface area contributed by atoms with Crippen LogP contribution in [0.3, 0.4) is 0 Å². The van der Waals surface area contributed by atoms with Crippen molar-refractivity contribution in [2.75, 3.05) is 12.0 Å². The Bertz CT molecular complexity index is 1940. The summed E-state index contributed by atoms with van der Waals surface area (Å²) in [6.07, 6.45) is 1.64. The summed E-state index contributed by atoms with van der Waals surface area (Å²) in [5.41, 5.74) is 2.17. The Balaban J connectivity index is 1.41. The van der Waals surface area contributed by atoms with Crippen molar-refractivity contribution in [1.29, 1.82) is 0 Å². The van der Waals surface area contributed by atoms with Gasteiger partial charge in [0.25, 0.3) is 11.8 Å². The summed E-state index contributed by atoms with van der Waals surface area (Å²) >= 11 is 6.26. The predicted octanol–water partition coefficient (Wildman–Crippen LogP) is 5.17. The van der Waals surface area contributed by atoms with Crippen molar-refractivity contribution >= 4 is 46.9 Å². The molecule has 3 fully saturated rings. The fourth-order valence-corrected chi connectivity index (χ4v) is 8.56. The molecule has 13 heteroatoms. The number of imide groups is 2. The summed E-state index contributed by atoms with van der Waals surface area (Å²) in [5, 5.41) is 21.6. The molecule has 0 bridgehead atoms. The van der Waals surface area contributed by atoms with Crippen molar-refractivity contribution in [3.8, 4) is 5.75 Å². The van der Waals surface area contributed by atoms with Gasteiger partial charge in [-0.15, -0.1) is 0 Å². The number of phenols is 1. The lowest BCUT2D eigenvalue weighted by molar-refractivity contribution is -0.142. The minimum absolute atomic E-state index is 0.0224. The number of nitrogens with one attached hydrogen (secondary N) is 1. The largest absolute Gasteiger partial charge is 0.505 e. The van der Waals surface area contributed by atoms with Crippen molar-refractivity contribution in [2.45, 2.75) is 37.0 Å². The zero-order chi connectivity index (χ0) is 34.8. The number of para-hydroxylation sites is 1. The number of halogens is 3. The fourth-order valence-electron chi connectivity index (χ4n) is 8.44. The highest BCUT2D eigenvalue weighted by Crippen LogP contribution is 2.65. The molecule has 2 aliphatic heterocycles. The molecule has 0 radical (unpaired) electrons. The van der Waals surface area contributed by atoms with E-state index < -0.39 is 82.0 Å². The van der Waals surface area contributed by atoms with Gasteiger partial charge >= 0.3 is 5.97 Å². The molecule has 3 N–H and O–H groups in total. The zero-order valence-corrected chi connectivity index (χ0v) is 26.6. The van der Waals surface area contributed by atoms with E-state index in [1.54, 1.807) is 30.3 Å². The molecule has 2 aliphatic carbocycles. The number of carboxylic acids is 1. The van der Waals surface area contributed by atoms with E-state index in [4.69, 9.17) is 16.7 Å². The summed E-state index contributed by atoms with van der Waals surface area (Å²) in [6.45, 7) is -0.0853. The summed E-state index contributed by atoms with van der Waals surface area (Å²) in [4.78, 5) is 69.3. The number of aromatic hydroxyl groups is 1. The molecule has 4 aliphatic rings. The summed E-state index contributed by atoms with van der Waals surface area (Å²) in [6, 6.07) is 15.3. The molecule has 0 unspecified atom stereocenters. The lowest BCUT2D eigenvalue weighted by Gasteiger charge is -2.50. The number of phenolic OH excluding ortho intramolecular Hbond substituents is 1. The number of anilines is 1. The van der Waals surface area contributed by atoms with Crippen LogP contribution in [-0.2, 0) is 29.4 Å². The van der Waals surface area contributed by atoms with Gasteiger partial charge in [0, 0.05) is 29.5 Å². The summed E-state index contributed by atoms with van der Waals surface area (Å²) in [5.74, 6) is -10.4. The van der Waals surface area contributed by atoms with Crippen LogP contribution in [0.4, 0.5) is 14.5 Å². The van der Waals surface area contributed by atoms with Gasteiger partial charge in [-0.25, -0.2) is 8.78 Å². The van der Waals surface area contributed by atoms with Gasteiger partial charge in [0.15, 0.2) is 11.6 Å². The topological polar surface area (TPSA) is 144 Å². The number of fused-ring (bicyclic) bond motifs is 4. The highest BCUT2D eigenvalue weighted by molar-refractivity contribution is 6.30. The molecule has 10 nitrogen and oxygen atoms in total. The number of carboxylic acid groups (broad SMARTS) is 1. The zero-order valence-electron chi connectivity index (χ0n) is 25.8. The Hall–Kier alpha value is -5.10. The number of carbonyl (C=O) groups excluding carboxylic acids is 4. The second-order valence-electron chi connectivity index (χ2n) is 12.9. The monoisotopic (exact) mass is 689 g/mol. The first-order valence-electron chi connectivity index (χ1n) is 15.9. The van der Waals surface area contributed by atoms with Crippen LogP contribution in [0.2, 0.25) is 5.02 Å². The highest BCUT2D eigenvalue weighted by atomic mass is 35.5. The minimum Gasteiger partial charge on any atom is -0.505 e. The number of hydrogen-bond acceptors (Lipinski definition) is 7. The Morgan fingerprint density at radius 2 is 1.65 bits per heavy atom. The molecular formula is C36H30ClF2N3O7. The lowest BCUT2D eigenvalue weighted by atomic mass is 9.49. The second-order valence-corrected chi connectivity index (χ2v) is 13.3. The third kappa shape index (κ3) is 4.99. The maximum absolute atomic E-state index is 15.2. The molecule has 0 aromatic heterocycles. The van der Waals surface area contributed by atoms with E-state index in [1.807, 2.05) is 0 Å².